The van der Waals surface area contributed by atoms with Crippen molar-refractivity contribution in [2.45, 2.75) is 39.3 Å². The van der Waals surface area contributed by atoms with E-state index < -0.39 is 0 Å². The molecule has 0 aromatic rings. The fraction of sp³-hybridized carbons (Fsp3) is 1.00. The normalized spacial score (nSPS) is 16.1. The zero-order chi connectivity index (χ0) is 12.6. The van der Waals surface area contributed by atoms with Crippen molar-refractivity contribution in [3.05, 3.63) is 0 Å². The number of rotatable bonds is 8. The molecule has 16 heavy (non-hydrogen) atoms. The topological polar surface area (TPSA) is 56.5 Å². The largest absolute Gasteiger partial charge is 0.382 e. The van der Waals surface area contributed by atoms with Gasteiger partial charge in [0.2, 0.25) is 0 Å². The van der Waals surface area contributed by atoms with Crippen molar-refractivity contribution >= 4 is 0 Å². The summed E-state index contributed by atoms with van der Waals surface area (Å²) in [5.41, 5.74) is 6.24. The fourth-order valence-corrected chi connectivity index (χ4v) is 1.35. The molecule has 2 atom stereocenters. The van der Waals surface area contributed by atoms with Crippen LogP contribution >= 0.6 is 0 Å². The Morgan fingerprint density at radius 1 is 1.25 bits per heavy atom. The summed E-state index contributed by atoms with van der Waals surface area (Å²) in [7, 11) is 3.38. The number of nitrogens with two attached hydrogens (primary N) is 1. The van der Waals surface area contributed by atoms with E-state index in [1.807, 2.05) is 0 Å². The van der Waals surface area contributed by atoms with E-state index >= 15 is 0 Å². The molecule has 4 nitrogen and oxygen atoms in total. The zero-order valence-electron chi connectivity index (χ0n) is 11.4. The smallest absolute Gasteiger partial charge is 0.0928 e. The summed E-state index contributed by atoms with van der Waals surface area (Å²) in [6.45, 7) is 8.85. The Morgan fingerprint density at radius 2 is 1.88 bits per heavy atom. The van der Waals surface area contributed by atoms with E-state index in [4.69, 9.17) is 15.2 Å². The summed E-state index contributed by atoms with van der Waals surface area (Å²) < 4.78 is 10.3. The molecule has 0 saturated carbocycles. The van der Waals surface area contributed by atoms with Gasteiger partial charge >= 0.3 is 0 Å². The molecule has 2 unspecified atom stereocenters. The molecule has 4 heteroatoms. The van der Waals surface area contributed by atoms with E-state index in [-0.39, 0.29) is 17.6 Å². The molecule has 0 spiro atoms. The summed E-state index contributed by atoms with van der Waals surface area (Å²) in [6.07, 6.45) is 1.10. The van der Waals surface area contributed by atoms with Crippen LogP contribution in [0.3, 0.4) is 0 Å². The third kappa shape index (κ3) is 7.17. The minimum atomic E-state index is 0.121. The van der Waals surface area contributed by atoms with Crippen LogP contribution in [0.25, 0.3) is 0 Å². The van der Waals surface area contributed by atoms with Gasteiger partial charge in [0.1, 0.15) is 0 Å². The molecule has 98 valence electrons. The van der Waals surface area contributed by atoms with Gasteiger partial charge in [-0.2, -0.15) is 0 Å². The van der Waals surface area contributed by atoms with Crippen LogP contribution in [0.15, 0.2) is 0 Å². The Hall–Kier alpha value is -0.160. The highest BCUT2D eigenvalue weighted by molar-refractivity contribution is 4.77. The van der Waals surface area contributed by atoms with Gasteiger partial charge in [-0.25, -0.2) is 0 Å². The number of ether oxygens (including phenoxy) is 2. The quantitative estimate of drug-likeness (QED) is 0.613. The second kappa shape index (κ2) is 8.01. The molecule has 0 amide bonds. The van der Waals surface area contributed by atoms with Crippen molar-refractivity contribution in [1.82, 2.24) is 5.32 Å². The molecule has 0 fully saturated rings. The van der Waals surface area contributed by atoms with Gasteiger partial charge in [0, 0.05) is 26.8 Å². The van der Waals surface area contributed by atoms with Gasteiger partial charge < -0.3 is 20.5 Å². The highest BCUT2D eigenvalue weighted by Gasteiger charge is 2.19. The molecule has 0 bridgehead atoms. The lowest BCUT2D eigenvalue weighted by molar-refractivity contribution is 0.0288. The van der Waals surface area contributed by atoms with Crippen LogP contribution in [0.2, 0.25) is 0 Å². The first-order valence-electron chi connectivity index (χ1n) is 5.89. The zero-order valence-corrected chi connectivity index (χ0v) is 11.4. The lowest BCUT2D eigenvalue weighted by atomic mass is 9.85. The second-order valence-electron chi connectivity index (χ2n) is 5.28. The Bertz CT molecular complexity index is 169. The molecular formula is C12H28N2O2. The number of hydrogen-bond acceptors (Lipinski definition) is 4. The molecular weight excluding hydrogens is 204 g/mol. The number of methoxy groups -OCH3 is 2. The number of hydrogen-bond donors (Lipinski definition) is 2. The van der Waals surface area contributed by atoms with Gasteiger partial charge in [-0.05, 0) is 18.4 Å². The SMILES string of the molecule is COCC(CNCCC(N)C(C)(C)C)OC. The average molecular weight is 232 g/mol. The van der Waals surface area contributed by atoms with E-state index in [1.165, 1.54) is 0 Å². The van der Waals surface area contributed by atoms with Crippen LogP contribution in [-0.4, -0.2) is 46.1 Å². The monoisotopic (exact) mass is 232 g/mol. The van der Waals surface area contributed by atoms with Gasteiger partial charge in [-0.15, -0.1) is 0 Å². The standard InChI is InChI=1S/C12H28N2O2/c1-12(2,3)11(13)6-7-14-8-10(16-5)9-15-4/h10-11,14H,6-9,13H2,1-5H3. The summed E-state index contributed by atoms with van der Waals surface area (Å²) in [4.78, 5) is 0. The van der Waals surface area contributed by atoms with Gasteiger partial charge in [0.15, 0.2) is 0 Å². The molecule has 0 radical (unpaired) electrons. The van der Waals surface area contributed by atoms with E-state index in [9.17, 15) is 0 Å². The fourth-order valence-electron chi connectivity index (χ4n) is 1.35. The average Bonchev–Trinajstić information content (AvgIpc) is 2.20. The van der Waals surface area contributed by atoms with Crippen LogP contribution in [-0.2, 0) is 9.47 Å². The second-order valence-corrected chi connectivity index (χ2v) is 5.28. The number of nitrogens with one attached hydrogen (secondary N) is 1. The van der Waals surface area contributed by atoms with Crippen molar-refractivity contribution in [3.63, 3.8) is 0 Å². The molecule has 0 rings (SSSR count). The van der Waals surface area contributed by atoms with Crippen LogP contribution < -0.4 is 11.1 Å². The third-order valence-electron chi connectivity index (χ3n) is 2.80. The summed E-state index contributed by atoms with van der Waals surface area (Å²) in [6, 6.07) is 0.225. The maximum atomic E-state index is 6.06. The van der Waals surface area contributed by atoms with Crippen molar-refractivity contribution in [3.8, 4) is 0 Å². The summed E-state index contributed by atoms with van der Waals surface area (Å²) in [5, 5.41) is 3.34. The minimum absolute atomic E-state index is 0.121. The molecule has 0 aliphatic rings. The molecule has 0 saturated heterocycles. The molecule has 0 aromatic carbocycles. The lowest BCUT2D eigenvalue weighted by Gasteiger charge is -2.27. The van der Waals surface area contributed by atoms with Crippen molar-refractivity contribution in [2.75, 3.05) is 33.9 Å². The van der Waals surface area contributed by atoms with Crippen LogP contribution in [0.5, 0.6) is 0 Å². The van der Waals surface area contributed by atoms with E-state index in [2.05, 4.69) is 26.1 Å². The first-order valence-corrected chi connectivity index (χ1v) is 5.89. The molecule has 0 aliphatic carbocycles. The Kier molecular flexibility index (Phi) is 7.93. The van der Waals surface area contributed by atoms with Gasteiger partial charge in [-0.1, -0.05) is 20.8 Å². The highest BCUT2D eigenvalue weighted by Crippen LogP contribution is 2.18. The highest BCUT2D eigenvalue weighted by atomic mass is 16.5. The maximum absolute atomic E-state index is 6.06. The van der Waals surface area contributed by atoms with Crippen molar-refractivity contribution < 1.29 is 9.47 Å². The molecule has 0 heterocycles. The molecule has 0 aromatic heterocycles. The Balaban J connectivity index is 3.59. The Morgan fingerprint density at radius 3 is 2.31 bits per heavy atom. The van der Waals surface area contributed by atoms with Crippen LogP contribution in [0, 0.1) is 5.41 Å². The van der Waals surface area contributed by atoms with Crippen molar-refractivity contribution in [2.24, 2.45) is 11.1 Å². The van der Waals surface area contributed by atoms with Crippen LogP contribution in [0.4, 0.5) is 0 Å². The lowest BCUT2D eigenvalue weighted by Crippen LogP contribution is -2.39. The van der Waals surface area contributed by atoms with Gasteiger partial charge in [0.05, 0.1) is 12.7 Å². The predicted octanol–water partition coefficient (Wildman–Crippen LogP) is 1.00. The minimum Gasteiger partial charge on any atom is -0.382 e. The molecule has 0 aliphatic heterocycles. The Labute approximate surface area is 99.9 Å². The van der Waals surface area contributed by atoms with Gasteiger partial charge in [-0.3, -0.25) is 0 Å². The van der Waals surface area contributed by atoms with E-state index in [1.54, 1.807) is 14.2 Å². The van der Waals surface area contributed by atoms with Crippen molar-refractivity contribution in [1.29, 1.82) is 0 Å². The molecule has 3 N–H and O–H groups in total. The van der Waals surface area contributed by atoms with E-state index in [0.29, 0.717) is 6.61 Å². The summed E-state index contributed by atoms with van der Waals surface area (Å²) >= 11 is 0. The first-order chi connectivity index (χ1) is 7.41. The van der Waals surface area contributed by atoms with E-state index in [0.717, 1.165) is 19.5 Å². The predicted molar refractivity (Wildman–Crippen MR) is 67.6 cm³/mol. The van der Waals surface area contributed by atoms with Crippen LogP contribution in [0.1, 0.15) is 27.2 Å². The van der Waals surface area contributed by atoms with Gasteiger partial charge in [0.25, 0.3) is 0 Å². The first kappa shape index (κ1) is 15.8. The maximum Gasteiger partial charge on any atom is 0.0928 e. The third-order valence-corrected chi connectivity index (χ3v) is 2.80. The summed E-state index contributed by atoms with van der Waals surface area (Å²) in [5.74, 6) is 0.